The van der Waals surface area contributed by atoms with Gasteiger partial charge in [0.1, 0.15) is 0 Å². The van der Waals surface area contributed by atoms with Gasteiger partial charge in [0.05, 0.1) is 19.8 Å². The van der Waals surface area contributed by atoms with E-state index in [1.807, 2.05) is 0 Å². The van der Waals surface area contributed by atoms with Gasteiger partial charge in [-0.05, 0) is 64.2 Å². The molecule has 0 bridgehead atoms. The van der Waals surface area contributed by atoms with Crippen LogP contribution in [0.5, 0.6) is 0 Å². The molecular weight excluding hydrogens is 565 g/mol. The van der Waals surface area contributed by atoms with Crippen LogP contribution in [-0.4, -0.2) is 26.4 Å². The largest absolute Gasteiger partial charge is 0.474 e. The summed E-state index contributed by atoms with van der Waals surface area (Å²) in [6.45, 7) is 5.87. The third-order valence-corrected chi connectivity index (χ3v) is 9.67. The first-order chi connectivity index (χ1) is 21.7. The number of phosphoric acid groups is 1. The van der Waals surface area contributed by atoms with Crippen molar-refractivity contribution < 1.29 is 18.1 Å². The Hall–Kier alpha value is -0.450. The second-order valence-corrected chi connectivity index (χ2v) is 14.3. The van der Waals surface area contributed by atoms with Crippen LogP contribution in [0.2, 0.25) is 0 Å². The van der Waals surface area contributed by atoms with E-state index in [4.69, 9.17) is 19.3 Å². The third kappa shape index (κ3) is 34.4. The lowest BCUT2D eigenvalue weighted by Crippen LogP contribution is -2.10. The molecule has 0 radical (unpaired) electrons. The Morgan fingerprint density at radius 3 is 1.00 bits per heavy atom. The summed E-state index contributed by atoms with van der Waals surface area (Å²) < 4.78 is 29.6. The minimum absolute atomic E-state index is 0.193. The normalized spacial score (nSPS) is 12.3. The maximum absolute atomic E-state index is 13.0. The van der Waals surface area contributed by atoms with Gasteiger partial charge in [-0.3, -0.25) is 13.6 Å². The predicted octanol–water partition coefficient (Wildman–Crippen LogP) is 13.2. The Balaban J connectivity index is 3.66. The van der Waals surface area contributed by atoms with Crippen LogP contribution in [0, 0.1) is 0 Å². The number of rotatable bonds is 37. The smallest absolute Gasteiger partial charge is 0.328 e. The van der Waals surface area contributed by atoms with Gasteiger partial charge in [0.2, 0.25) is 0 Å². The zero-order valence-electron chi connectivity index (χ0n) is 29.6. The van der Waals surface area contributed by atoms with Crippen LogP contribution in [0.4, 0.5) is 0 Å². The van der Waals surface area contributed by atoms with Gasteiger partial charge < -0.3 is 5.73 Å². The molecule has 0 rings (SSSR count). The first-order valence-corrected chi connectivity index (χ1v) is 20.7. The standard InChI is InChI=1S/C38H76NO4P/c1-3-5-7-9-11-13-15-17-19-21-23-25-27-29-31-33-36-41-44(40,43-38-35-39)42-37-34-32-30-28-26-24-22-20-18-16-14-12-10-8-6-4-2/h17-20H,3-16,21-39H2,1-2H3/b19-17+,20-18+. The number of allylic oxidation sites excluding steroid dienone is 4. The van der Waals surface area contributed by atoms with E-state index in [1.54, 1.807) is 0 Å². The molecule has 0 fully saturated rings. The molecule has 0 aromatic carbocycles. The van der Waals surface area contributed by atoms with Crippen LogP contribution >= 0.6 is 7.82 Å². The highest BCUT2D eigenvalue weighted by Gasteiger charge is 2.25. The average Bonchev–Trinajstić information content (AvgIpc) is 3.03. The van der Waals surface area contributed by atoms with Crippen molar-refractivity contribution >= 4 is 7.82 Å². The first-order valence-electron chi connectivity index (χ1n) is 19.2. The minimum atomic E-state index is -3.51. The van der Waals surface area contributed by atoms with Gasteiger partial charge in [0.15, 0.2) is 0 Å². The van der Waals surface area contributed by atoms with Crippen molar-refractivity contribution in [1.82, 2.24) is 0 Å². The monoisotopic (exact) mass is 642 g/mol. The van der Waals surface area contributed by atoms with Crippen molar-refractivity contribution in [3.63, 3.8) is 0 Å². The van der Waals surface area contributed by atoms with Crippen LogP contribution in [0.25, 0.3) is 0 Å². The van der Waals surface area contributed by atoms with E-state index >= 15 is 0 Å². The maximum Gasteiger partial charge on any atom is 0.474 e. The van der Waals surface area contributed by atoms with Gasteiger partial charge in [-0.15, -0.1) is 0 Å². The number of hydrogen-bond donors (Lipinski definition) is 1. The molecule has 6 heteroatoms. The zero-order chi connectivity index (χ0) is 32.1. The lowest BCUT2D eigenvalue weighted by Gasteiger charge is -2.17. The molecule has 0 aliphatic carbocycles. The van der Waals surface area contributed by atoms with E-state index in [0.717, 1.165) is 25.7 Å². The van der Waals surface area contributed by atoms with Gasteiger partial charge in [0, 0.05) is 6.54 Å². The average molecular weight is 642 g/mol. The molecule has 0 spiro atoms. The quantitative estimate of drug-likeness (QED) is 0.0415. The van der Waals surface area contributed by atoms with Gasteiger partial charge >= 0.3 is 7.82 Å². The summed E-state index contributed by atoms with van der Waals surface area (Å²) in [5.74, 6) is 0. The number of hydrogen-bond acceptors (Lipinski definition) is 5. The van der Waals surface area contributed by atoms with Crippen LogP contribution in [0.15, 0.2) is 24.3 Å². The van der Waals surface area contributed by atoms with Gasteiger partial charge in [0.25, 0.3) is 0 Å². The lowest BCUT2D eigenvalue weighted by atomic mass is 10.1. The summed E-state index contributed by atoms with van der Waals surface area (Å²) in [7, 11) is -3.51. The highest BCUT2D eigenvalue weighted by molar-refractivity contribution is 7.48. The molecule has 0 aromatic rings. The summed E-state index contributed by atoms with van der Waals surface area (Å²) in [4.78, 5) is 0. The van der Waals surface area contributed by atoms with Crippen molar-refractivity contribution in [3.8, 4) is 0 Å². The van der Waals surface area contributed by atoms with Gasteiger partial charge in [-0.1, -0.05) is 154 Å². The Morgan fingerprint density at radius 2 is 0.682 bits per heavy atom. The summed E-state index contributed by atoms with van der Waals surface area (Å²) in [5.41, 5.74) is 5.56. The van der Waals surface area contributed by atoms with Crippen molar-refractivity contribution in [2.45, 2.75) is 194 Å². The van der Waals surface area contributed by atoms with Crippen LogP contribution < -0.4 is 5.73 Å². The van der Waals surface area contributed by atoms with Crippen LogP contribution in [0.3, 0.4) is 0 Å². The summed E-state index contributed by atoms with van der Waals surface area (Å²) in [6.07, 6.45) is 44.8. The fraction of sp³-hybridized carbons (Fsp3) is 0.895. The second-order valence-electron chi connectivity index (χ2n) is 12.6. The summed E-state index contributed by atoms with van der Waals surface area (Å²) in [5, 5.41) is 0. The zero-order valence-corrected chi connectivity index (χ0v) is 30.5. The Kier molecular flexibility index (Phi) is 36.6. The van der Waals surface area contributed by atoms with Crippen LogP contribution in [-0.2, 0) is 18.1 Å². The number of nitrogens with two attached hydrogens (primary N) is 1. The molecule has 0 saturated heterocycles. The van der Waals surface area contributed by atoms with E-state index in [-0.39, 0.29) is 6.61 Å². The van der Waals surface area contributed by atoms with E-state index < -0.39 is 7.82 Å². The SMILES string of the molecule is CCCCCCCC/C=C/CCCCCCCCOP(=O)(OCCN)OCCCCCCCC/C=C/CCCCCCCC. The molecule has 262 valence electrons. The molecule has 0 heterocycles. The molecule has 0 saturated carbocycles. The van der Waals surface area contributed by atoms with Gasteiger partial charge in [-0.2, -0.15) is 0 Å². The highest BCUT2D eigenvalue weighted by atomic mass is 31.2. The maximum atomic E-state index is 13.0. The Morgan fingerprint density at radius 1 is 0.409 bits per heavy atom. The molecular formula is C38H76NO4P. The molecule has 0 amide bonds. The fourth-order valence-corrected chi connectivity index (χ4v) is 6.59. The second kappa shape index (κ2) is 37.0. The van der Waals surface area contributed by atoms with E-state index in [1.165, 1.54) is 154 Å². The minimum Gasteiger partial charge on any atom is -0.328 e. The summed E-state index contributed by atoms with van der Waals surface area (Å²) in [6, 6.07) is 0. The van der Waals surface area contributed by atoms with Crippen molar-refractivity contribution in [2.24, 2.45) is 5.73 Å². The molecule has 0 aromatic heterocycles. The first kappa shape index (κ1) is 43.5. The Labute approximate surface area is 275 Å². The molecule has 0 aliphatic rings. The fourth-order valence-electron chi connectivity index (χ4n) is 5.33. The predicted molar refractivity (Wildman–Crippen MR) is 193 cm³/mol. The topological polar surface area (TPSA) is 70.8 Å². The number of phosphoric ester groups is 1. The summed E-state index contributed by atoms with van der Waals surface area (Å²) >= 11 is 0. The molecule has 44 heavy (non-hydrogen) atoms. The van der Waals surface area contributed by atoms with Crippen LogP contribution in [0.1, 0.15) is 194 Å². The van der Waals surface area contributed by atoms with Crippen molar-refractivity contribution in [1.29, 1.82) is 0 Å². The molecule has 2 N–H and O–H groups in total. The molecule has 0 aliphatic heterocycles. The molecule has 0 unspecified atom stereocenters. The van der Waals surface area contributed by atoms with E-state index in [2.05, 4.69) is 38.2 Å². The third-order valence-electron chi connectivity index (χ3n) is 8.18. The molecule has 0 atom stereocenters. The Bertz CT molecular complexity index is 607. The van der Waals surface area contributed by atoms with E-state index in [0.29, 0.717) is 19.8 Å². The van der Waals surface area contributed by atoms with Crippen molar-refractivity contribution in [3.05, 3.63) is 24.3 Å². The highest BCUT2D eigenvalue weighted by Crippen LogP contribution is 2.49. The van der Waals surface area contributed by atoms with E-state index in [9.17, 15) is 4.57 Å². The lowest BCUT2D eigenvalue weighted by molar-refractivity contribution is 0.112. The van der Waals surface area contributed by atoms with Gasteiger partial charge in [-0.25, -0.2) is 4.57 Å². The van der Waals surface area contributed by atoms with Crippen molar-refractivity contribution in [2.75, 3.05) is 26.4 Å². The molecule has 5 nitrogen and oxygen atoms in total. The number of unbranched alkanes of at least 4 members (excludes halogenated alkanes) is 24.